The molecule has 0 amide bonds. The van der Waals surface area contributed by atoms with Crippen LogP contribution in [-0.4, -0.2) is 59.2 Å². The van der Waals surface area contributed by atoms with Crippen LogP contribution in [0.2, 0.25) is 0 Å². The molecule has 194 valence electrons. The van der Waals surface area contributed by atoms with E-state index in [1.807, 2.05) is 24.3 Å². The summed E-state index contributed by atoms with van der Waals surface area (Å²) in [6, 6.07) is 11.2. The van der Waals surface area contributed by atoms with Gasteiger partial charge in [0.25, 0.3) is 0 Å². The van der Waals surface area contributed by atoms with Crippen LogP contribution < -0.4 is 4.74 Å². The van der Waals surface area contributed by atoms with Crippen LogP contribution in [-0.2, 0) is 0 Å². The van der Waals surface area contributed by atoms with Crippen LogP contribution in [0.4, 0.5) is 8.78 Å². The number of likely N-dealkylation sites (tertiary alicyclic amines) is 1. The van der Waals surface area contributed by atoms with Crippen LogP contribution in [0, 0.1) is 23.5 Å². The predicted octanol–water partition coefficient (Wildman–Crippen LogP) is 5.45. The molecule has 3 atom stereocenters. The van der Waals surface area contributed by atoms with Gasteiger partial charge in [-0.3, -0.25) is 4.98 Å². The van der Waals surface area contributed by atoms with Crippen molar-refractivity contribution in [1.29, 1.82) is 0 Å². The van der Waals surface area contributed by atoms with Gasteiger partial charge in [0.05, 0.1) is 18.7 Å². The zero-order valence-corrected chi connectivity index (χ0v) is 21.4. The summed E-state index contributed by atoms with van der Waals surface area (Å²) in [6.07, 6.45) is 4.47. The fourth-order valence-corrected chi connectivity index (χ4v) is 6.03. The van der Waals surface area contributed by atoms with E-state index in [1.54, 1.807) is 13.3 Å². The number of aromatic nitrogens is 1. The first-order chi connectivity index (χ1) is 17.5. The quantitative estimate of drug-likeness (QED) is 0.261. The van der Waals surface area contributed by atoms with Crippen molar-refractivity contribution in [1.82, 2.24) is 9.88 Å². The van der Waals surface area contributed by atoms with Crippen LogP contribution in [0.3, 0.4) is 0 Å². The Morgan fingerprint density at radius 1 is 1.14 bits per heavy atom. The minimum absolute atomic E-state index is 0.129. The number of piperidine rings is 1. The molecule has 1 aliphatic heterocycles. The standard InChI is InChI=1S/C28H34F2N2O3S/c1-35-23-4-5-27-26(16-23)25(7-9-31-27)28(34)6-3-19-8-11-32(17-20(19)18-33)10-2-12-36-24-14-21(29)13-22(30)15-24/h4-5,7,9,13-16,19-20,28,33-34H,2-3,6,8,10-12,17-18H2,1H3/t19-,20-,28?/m1/s1. The number of fused-ring (bicyclic) bond motifs is 1. The maximum Gasteiger partial charge on any atom is 0.127 e. The van der Waals surface area contributed by atoms with Gasteiger partial charge in [-0.05, 0) is 98.3 Å². The third-order valence-electron chi connectivity index (χ3n) is 7.09. The average Bonchev–Trinajstić information content (AvgIpc) is 2.88. The van der Waals surface area contributed by atoms with Crippen LogP contribution in [0.5, 0.6) is 5.75 Å². The number of hydrogen-bond donors (Lipinski definition) is 2. The Bertz CT molecular complexity index is 1130. The lowest BCUT2D eigenvalue weighted by Crippen LogP contribution is -2.42. The molecule has 1 fully saturated rings. The lowest BCUT2D eigenvalue weighted by atomic mass is 9.81. The topological polar surface area (TPSA) is 65.8 Å². The second kappa shape index (κ2) is 12.8. The van der Waals surface area contributed by atoms with Gasteiger partial charge in [-0.2, -0.15) is 0 Å². The maximum atomic E-state index is 13.3. The number of pyridine rings is 1. The predicted molar refractivity (Wildman–Crippen MR) is 139 cm³/mol. The van der Waals surface area contributed by atoms with Crippen molar-refractivity contribution in [2.75, 3.05) is 39.1 Å². The highest BCUT2D eigenvalue weighted by atomic mass is 32.2. The number of hydrogen-bond acceptors (Lipinski definition) is 6. The summed E-state index contributed by atoms with van der Waals surface area (Å²) in [5.41, 5.74) is 1.68. The Kier molecular flexibility index (Phi) is 9.53. The second-order valence-electron chi connectivity index (χ2n) is 9.48. The van der Waals surface area contributed by atoms with E-state index in [2.05, 4.69) is 9.88 Å². The fraction of sp³-hybridized carbons (Fsp3) is 0.464. The number of aliphatic hydroxyl groups excluding tert-OH is 2. The zero-order chi connectivity index (χ0) is 25.5. The lowest BCUT2D eigenvalue weighted by Gasteiger charge is -2.38. The van der Waals surface area contributed by atoms with Crippen molar-refractivity contribution in [3.05, 3.63) is 65.9 Å². The number of thioether (sulfide) groups is 1. The molecule has 0 spiro atoms. The molecule has 1 saturated heterocycles. The Morgan fingerprint density at radius 3 is 2.69 bits per heavy atom. The summed E-state index contributed by atoms with van der Waals surface area (Å²) in [7, 11) is 1.62. The second-order valence-corrected chi connectivity index (χ2v) is 10.6. The number of methoxy groups -OCH3 is 1. The molecule has 2 heterocycles. The summed E-state index contributed by atoms with van der Waals surface area (Å²) in [4.78, 5) is 7.37. The van der Waals surface area contributed by atoms with Crippen LogP contribution >= 0.6 is 11.8 Å². The molecule has 3 aromatic rings. The van der Waals surface area contributed by atoms with Crippen molar-refractivity contribution in [3.8, 4) is 5.75 Å². The van der Waals surface area contributed by atoms with Gasteiger partial charge < -0.3 is 19.8 Å². The van der Waals surface area contributed by atoms with Crippen LogP contribution in [0.15, 0.2) is 53.6 Å². The normalized spacial score (nSPS) is 19.5. The summed E-state index contributed by atoms with van der Waals surface area (Å²) >= 11 is 1.46. The van der Waals surface area contributed by atoms with Gasteiger partial charge in [-0.1, -0.05) is 0 Å². The minimum Gasteiger partial charge on any atom is -0.497 e. The molecule has 2 N–H and O–H groups in total. The summed E-state index contributed by atoms with van der Waals surface area (Å²) < 4.78 is 32.0. The molecule has 2 aromatic carbocycles. The molecule has 4 rings (SSSR count). The molecule has 1 unspecified atom stereocenters. The Hall–Kier alpha value is -2.26. The van der Waals surface area contributed by atoms with E-state index >= 15 is 0 Å². The number of ether oxygens (including phenoxy) is 1. The van der Waals surface area contributed by atoms with Crippen molar-refractivity contribution in [2.45, 2.75) is 36.7 Å². The highest BCUT2D eigenvalue weighted by molar-refractivity contribution is 7.99. The van der Waals surface area contributed by atoms with E-state index in [0.29, 0.717) is 17.2 Å². The SMILES string of the molecule is COc1ccc2nccc(C(O)CC[C@@H]3CCN(CCCSc4cc(F)cc(F)c4)C[C@@H]3CO)c2c1. The van der Waals surface area contributed by atoms with Gasteiger partial charge in [0, 0.05) is 35.7 Å². The molecule has 5 nitrogen and oxygen atoms in total. The number of benzene rings is 2. The van der Waals surface area contributed by atoms with E-state index in [0.717, 1.165) is 72.9 Å². The largest absolute Gasteiger partial charge is 0.497 e. The smallest absolute Gasteiger partial charge is 0.127 e. The third kappa shape index (κ3) is 6.94. The molecule has 0 aliphatic carbocycles. The molecular formula is C28H34F2N2O3S. The highest BCUT2D eigenvalue weighted by Gasteiger charge is 2.29. The van der Waals surface area contributed by atoms with Crippen LogP contribution in [0.25, 0.3) is 10.9 Å². The Labute approximate surface area is 215 Å². The monoisotopic (exact) mass is 516 g/mol. The zero-order valence-electron chi connectivity index (χ0n) is 20.6. The van der Waals surface area contributed by atoms with E-state index in [4.69, 9.17) is 4.74 Å². The molecule has 1 aliphatic rings. The molecular weight excluding hydrogens is 482 g/mol. The van der Waals surface area contributed by atoms with Gasteiger partial charge in [-0.15, -0.1) is 11.8 Å². The van der Waals surface area contributed by atoms with Gasteiger partial charge >= 0.3 is 0 Å². The molecule has 0 bridgehead atoms. The number of rotatable bonds is 11. The first-order valence-electron chi connectivity index (χ1n) is 12.5. The number of nitrogens with zero attached hydrogens (tertiary/aromatic N) is 2. The number of aliphatic hydroxyl groups is 2. The van der Waals surface area contributed by atoms with E-state index in [-0.39, 0.29) is 12.5 Å². The Morgan fingerprint density at radius 2 is 1.94 bits per heavy atom. The summed E-state index contributed by atoms with van der Waals surface area (Å²) in [5, 5.41) is 22.0. The van der Waals surface area contributed by atoms with E-state index in [9.17, 15) is 19.0 Å². The summed E-state index contributed by atoms with van der Waals surface area (Å²) in [5.74, 6) is 0.944. The van der Waals surface area contributed by atoms with Gasteiger partial charge in [0.15, 0.2) is 0 Å². The van der Waals surface area contributed by atoms with E-state index < -0.39 is 17.7 Å². The molecule has 1 aromatic heterocycles. The fourth-order valence-electron chi connectivity index (χ4n) is 5.13. The summed E-state index contributed by atoms with van der Waals surface area (Å²) in [6.45, 7) is 2.79. The van der Waals surface area contributed by atoms with Crippen molar-refractivity contribution < 1.29 is 23.7 Å². The van der Waals surface area contributed by atoms with Gasteiger partial charge in [0.2, 0.25) is 0 Å². The maximum absolute atomic E-state index is 13.3. The Balaban J connectivity index is 1.25. The van der Waals surface area contributed by atoms with Crippen molar-refractivity contribution in [3.63, 3.8) is 0 Å². The first kappa shape index (κ1) is 26.8. The molecule has 8 heteroatoms. The van der Waals surface area contributed by atoms with Crippen molar-refractivity contribution >= 4 is 22.7 Å². The van der Waals surface area contributed by atoms with Gasteiger partial charge in [0.1, 0.15) is 17.4 Å². The van der Waals surface area contributed by atoms with Crippen LogP contribution in [0.1, 0.15) is 37.4 Å². The number of halogens is 2. The van der Waals surface area contributed by atoms with E-state index in [1.165, 1.54) is 23.9 Å². The van der Waals surface area contributed by atoms with Gasteiger partial charge in [-0.25, -0.2) is 8.78 Å². The van der Waals surface area contributed by atoms with Crippen molar-refractivity contribution in [2.24, 2.45) is 11.8 Å². The highest BCUT2D eigenvalue weighted by Crippen LogP contribution is 2.33. The average molecular weight is 517 g/mol. The molecule has 36 heavy (non-hydrogen) atoms. The third-order valence-corrected chi connectivity index (χ3v) is 8.15. The lowest BCUT2D eigenvalue weighted by molar-refractivity contribution is 0.0581. The molecule has 0 radical (unpaired) electrons. The first-order valence-corrected chi connectivity index (χ1v) is 13.5. The minimum atomic E-state index is -0.607. The molecule has 0 saturated carbocycles.